The molecule has 3 heteroatoms. The third-order valence-corrected chi connectivity index (χ3v) is 3.70. The molecule has 0 bridgehead atoms. The standard InChI is InChI=1S/C16H25N3/c1-4-14(2)12-19(3)11-10-16(18,13-17)15-8-6-5-7-9-15/h5-9,14H,4,10-12,18H2,1-3H3. The van der Waals surface area contributed by atoms with Crippen molar-refractivity contribution in [2.45, 2.75) is 32.2 Å². The predicted molar refractivity (Wildman–Crippen MR) is 79.5 cm³/mol. The van der Waals surface area contributed by atoms with Crippen LogP contribution in [0.3, 0.4) is 0 Å². The summed E-state index contributed by atoms with van der Waals surface area (Å²) >= 11 is 0. The molecule has 0 radical (unpaired) electrons. The number of rotatable bonds is 7. The van der Waals surface area contributed by atoms with Crippen LogP contribution in [0.5, 0.6) is 0 Å². The second-order valence-electron chi connectivity index (χ2n) is 5.47. The first-order chi connectivity index (χ1) is 9.01. The lowest BCUT2D eigenvalue weighted by molar-refractivity contribution is 0.262. The van der Waals surface area contributed by atoms with E-state index >= 15 is 0 Å². The Balaban J connectivity index is 2.61. The van der Waals surface area contributed by atoms with Gasteiger partial charge in [-0.15, -0.1) is 0 Å². The number of nitriles is 1. The molecule has 0 aromatic heterocycles. The Bertz CT molecular complexity index is 410. The molecule has 2 unspecified atom stereocenters. The molecule has 3 nitrogen and oxygen atoms in total. The van der Waals surface area contributed by atoms with Gasteiger partial charge in [0.15, 0.2) is 0 Å². The largest absolute Gasteiger partial charge is 0.310 e. The highest BCUT2D eigenvalue weighted by atomic mass is 15.1. The van der Waals surface area contributed by atoms with Crippen molar-refractivity contribution >= 4 is 0 Å². The maximum Gasteiger partial charge on any atom is 0.131 e. The van der Waals surface area contributed by atoms with Crippen LogP contribution in [0.1, 0.15) is 32.3 Å². The molecule has 0 saturated carbocycles. The van der Waals surface area contributed by atoms with E-state index < -0.39 is 5.54 Å². The molecule has 0 fully saturated rings. The van der Waals surface area contributed by atoms with Crippen LogP contribution >= 0.6 is 0 Å². The third kappa shape index (κ3) is 4.66. The van der Waals surface area contributed by atoms with Crippen molar-refractivity contribution in [2.24, 2.45) is 11.7 Å². The molecule has 2 N–H and O–H groups in total. The van der Waals surface area contributed by atoms with E-state index in [-0.39, 0.29) is 0 Å². The molecule has 0 spiro atoms. The van der Waals surface area contributed by atoms with Gasteiger partial charge in [-0.25, -0.2) is 0 Å². The van der Waals surface area contributed by atoms with Crippen molar-refractivity contribution in [3.63, 3.8) is 0 Å². The summed E-state index contributed by atoms with van der Waals surface area (Å²) in [4.78, 5) is 2.26. The van der Waals surface area contributed by atoms with Crippen molar-refractivity contribution < 1.29 is 0 Å². The molecule has 19 heavy (non-hydrogen) atoms. The molecule has 0 aliphatic carbocycles. The van der Waals surface area contributed by atoms with Gasteiger partial charge >= 0.3 is 0 Å². The van der Waals surface area contributed by atoms with E-state index in [2.05, 4.69) is 31.9 Å². The van der Waals surface area contributed by atoms with E-state index in [9.17, 15) is 5.26 Å². The van der Waals surface area contributed by atoms with Gasteiger partial charge in [-0.05, 0) is 24.9 Å². The third-order valence-electron chi connectivity index (χ3n) is 3.70. The van der Waals surface area contributed by atoms with Gasteiger partial charge < -0.3 is 10.6 Å². The molecule has 0 amide bonds. The molecule has 1 aromatic rings. The van der Waals surface area contributed by atoms with Crippen molar-refractivity contribution in [1.82, 2.24) is 4.90 Å². The van der Waals surface area contributed by atoms with Crippen molar-refractivity contribution in [3.8, 4) is 6.07 Å². The lowest BCUT2D eigenvalue weighted by atomic mass is 9.89. The Morgan fingerprint density at radius 3 is 2.53 bits per heavy atom. The van der Waals surface area contributed by atoms with E-state index in [0.29, 0.717) is 12.3 Å². The number of nitrogens with two attached hydrogens (primary N) is 1. The van der Waals surface area contributed by atoms with Crippen LogP contribution in [0.2, 0.25) is 0 Å². The first-order valence-corrected chi connectivity index (χ1v) is 6.96. The van der Waals surface area contributed by atoms with Crippen LogP contribution in [-0.4, -0.2) is 25.0 Å². The van der Waals surface area contributed by atoms with E-state index in [1.165, 1.54) is 6.42 Å². The molecule has 104 valence electrons. The highest BCUT2D eigenvalue weighted by Gasteiger charge is 2.27. The summed E-state index contributed by atoms with van der Waals surface area (Å²) in [5.74, 6) is 0.677. The minimum atomic E-state index is -0.884. The Labute approximate surface area is 117 Å². The molecular formula is C16H25N3. The van der Waals surface area contributed by atoms with Gasteiger partial charge in [-0.2, -0.15) is 5.26 Å². The maximum absolute atomic E-state index is 9.39. The van der Waals surface area contributed by atoms with Crippen LogP contribution in [0.15, 0.2) is 30.3 Å². The summed E-state index contributed by atoms with van der Waals surface area (Å²) in [7, 11) is 2.09. The summed E-state index contributed by atoms with van der Waals surface area (Å²) in [5.41, 5.74) is 6.26. The van der Waals surface area contributed by atoms with Gasteiger partial charge in [0.25, 0.3) is 0 Å². The Morgan fingerprint density at radius 2 is 2.00 bits per heavy atom. The number of benzene rings is 1. The molecule has 0 aliphatic rings. The Hall–Kier alpha value is -1.37. The fraction of sp³-hybridized carbons (Fsp3) is 0.562. The van der Waals surface area contributed by atoms with Gasteiger partial charge in [0.1, 0.15) is 5.54 Å². The summed E-state index contributed by atoms with van der Waals surface area (Å²) < 4.78 is 0. The molecule has 0 saturated heterocycles. The fourth-order valence-electron chi connectivity index (χ4n) is 2.12. The van der Waals surface area contributed by atoms with Crippen molar-refractivity contribution in [3.05, 3.63) is 35.9 Å². The van der Waals surface area contributed by atoms with E-state index in [1.807, 2.05) is 30.3 Å². The molecule has 1 aromatic carbocycles. The normalized spacial score (nSPS) is 15.8. The quantitative estimate of drug-likeness (QED) is 0.819. The highest BCUT2D eigenvalue weighted by molar-refractivity contribution is 5.30. The molecule has 1 rings (SSSR count). The smallest absolute Gasteiger partial charge is 0.131 e. The molecular weight excluding hydrogens is 234 g/mol. The van der Waals surface area contributed by atoms with Crippen LogP contribution < -0.4 is 5.73 Å². The number of hydrogen-bond acceptors (Lipinski definition) is 3. The average Bonchev–Trinajstić information content (AvgIpc) is 2.45. The van der Waals surface area contributed by atoms with Crippen LogP contribution in [-0.2, 0) is 5.54 Å². The summed E-state index contributed by atoms with van der Waals surface area (Å²) in [6.07, 6.45) is 1.83. The molecule has 0 heterocycles. The van der Waals surface area contributed by atoms with Gasteiger partial charge in [0.05, 0.1) is 6.07 Å². The van der Waals surface area contributed by atoms with Crippen LogP contribution in [0.4, 0.5) is 0 Å². The SMILES string of the molecule is CCC(C)CN(C)CCC(N)(C#N)c1ccccc1. The lowest BCUT2D eigenvalue weighted by Crippen LogP contribution is -2.39. The topological polar surface area (TPSA) is 53.0 Å². The zero-order valence-electron chi connectivity index (χ0n) is 12.3. The van der Waals surface area contributed by atoms with Crippen molar-refractivity contribution in [2.75, 3.05) is 20.1 Å². The number of hydrogen-bond donors (Lipinski definition) is 1. The Kier molecular flexibility index (Phi) is 6.01. The van der Waals surface area contributed by atoms with E-state index in [0.717, 1.165) is 18.7 Å². The second kappa shape index (κ2) is 7.28. The second-order valence-corrected chi connectivity index (χ2v) is 5.47. The molecule has 2 atom stereocenters. The van der Waals surface area contributed by atoms with Crippen LogP contribution in [0, 0.1) is 17.2 Å². The molecule has 0 aliphatic heterocycles. The van der Waals surface area contributed by atoms with Crippen LogP contribution in [0.25, 0.3) is 0 Å². The zero-order valence-corrected chi connectivity index (χ0v) is 12.3. The minimum absolute atomic E-state index is 0.653. The first-order valence-electron chi connectivity index (χ1n) is 6.96. The summed E-state index contributed by atoms with van der Waals surface area (Å²) in [6.45, 7) is 6.33. The van der Waals surface area contributed by atoms with E-state index in [4.69, 9.17) is 5.73 Å². The summed E-state index contributed by atoms with van der Waals surface area (Å²) in [5, 5.41) is 9.39. The fourth-order valence-corrected chi connectivity index (χ4v) is 2.12. The van der Waals surface area contributed by atoms with Crippen molar-refractivity contribution in [1.29, 1.82) is 5.26 Å². The first kappa shape index (κ1) is 15.7. The summed E-state index contributed by atoms with van der Waals surface area (Å²) in [6, 6.07) is 11.9. The monoisotopic (exact) mass is 259 g/mol. The van der Waals surface area contributed by atoms with Gasteiger partial charge in [-0.1, -0.05) is 50.6 Å². The zero-order chi connectivity index (χ0) is 14.3. The predicted octanol–water partition coefficient (Wildman–Crippen LogP) is 2.73. The van der Waals surface area contributed by atoms with E-state index in [1.54, 1.807) is 0 Å². The maximum atomic E-state index is 9.39. The van der Waals surface area contributed by atoms with Gasteiger partial charge in [0.2, 0.25) is 0 Å². The number of nitrogens with zero attached hydrogens (tertiary/aromatic N) is 2. The minimum Gasteiger partial charge on any atom is -0.310 e. The average molecular weight is 259 g/mol. The van der Waals surface area contributed by atoms with Gasteiger partial charge in [-0.3, -0.25) is 0 Å². The lowest BCUT2D eigenvalue weighted by Gasteiger charge is -2.26. The Morgan fingerprint density at radius 1 is 1.37 bits per heavy atom. The highest BCUT2D eigenvalue weighted by Crippen LogP contribution is 2.21. The van der Waals surface area contributed by atoms with Gasteiger partial charge in [0, 0.05) is 13.1 Å².